The SMILES string of the molecule is CC(C#N)CNC(=O)COc1ccc(Cl)cc1. The fraction of sp³-hybridized carbons (Fsp3) is 0.333. The highest BCUT2D eigenvalue weighted by molar-refractivity contribution is 6.30. The summed E-state index contributed by atoms with van der Waals surface area (Å²) in [5.41, 5.74) is 0. The van der Waals surface area contributed by atoms with Crippen molar-refractivity contribution in [2.75, 3.05) is 13.2 Å². The van der Waals surface area contributed by atoms with E-state index in [0.717, 1.165) is 0 Å². The molecule has 1 amide bonds. The van der Waals surface area contributed by atoms with Crippen molar-refractivity contribution in [1.29, 1.82) is 5.26 Å². The summed E-state index contributed by atoms with van der Waals surface area (Å²) in [6.45, 7) is 2.00. The van der Waals surface area contributed by atoms with Gasteiger partial charge in [-0.25, -0.2) is 0 Å². The maximum Gasteiger partial charge on any atom is 0.257 e. The number of rotatable bonds is 5. The number of ether oxygens (including phenoxy) is 1. The second kappa shape index (κ2) is 6.77. The molecule has 0 aliphatic carbocycles. The van der Waals surface area contributed by atoms with Gasteiger partial charge >= 0.3 is 0 Å². The number of halogens is 1. The van der Waals surface area contributed by atoms with E-state index in [9.17, 15) is 4.79 Å². The minimum absolute atomic E-state index is 0.0697. The van der Waals surface area contributed by atoms with Gasteiger partial charge in [-0.15, -0.1) is 0 Å². The van der Waals surface area contributed by atoms with Crippen LogP contribution in [0.4, 0.5) is 0 Å². The molecule has 0 bridgehead atoms. The summed E-state index contributed by atoms with van der Waals surface area (Å²) in [6, 6.07) is 8.78. The molecule has 90 valence electrons. The minimum Gasteiger partial charge on any atom is -0.484 e. The summed E-state index contributed by atoms with van der Waals surface area (Å²) < 4.78 is 5.24. The predicted octanol–water partition coefficient (Wildman–Crippen LogP) is 1.99. The molecule has 0 aliphatic heterocycles. The Morgan fingerprint density at radius 2 is 2.18 bits per heavy atom. The van der Waals surface area contributed by atoms with Gasteiger partial charge in [0.05, 0.1) is 12.0 Å². The van der Waals surface area contributed by atoms with Crippen LogP contribution in [-0.2, 0) is 4.79 Å². The summed E-state index contributed by atoms with van der Waals surface area (Å²) in [4.78, 5) is 11.3. The van der Waals surface area contributed by atoms with E-state index >= 15 is 0 Å². The molecule has 0 saturated heterocycles. The second-order valence-corrected chi connectivity index (χ2v) is 4.01. The molecule has 1 atom stereocenters. The zero-order valence-electron chi connectivity index (χ0n) is 9.44. The van der Waals surface area contributed by atoms with Crippen molar-refractivity contribution in [1.82, 2.24) is 5.32 Å². The predicted molar refractivity (Wildman–Crippen MR) is 64.7 cm³/mol. The van der Waals surface area contributed by atoms with E-state index < -0.39 is 0 Å². The Hall–Kier alpha value is -1.73. The fourth-order valence-electron chi connectivity index (χ4n) is 1.04. The average molecular weight is 253 g/mol. The smallest absolute Gasteiger partial charge is 0.257 e. The number of benzene rings is 1. The van der Waals surface area contributed by atoms with Gasteiger partial charge in [0.1, 0.15) is 5.75 Å². The van der Waals surface area contributed by atoms with Crippen LogP contribution < -0.4 is 10.1 Å². The number of hydrogen-bond donors (Lipinski definition) is 1. The lowest BCUT2D eigenvalue weighted by molar-refractivity contribution is -0.123. The first-order chi connectivity index (χ1) is 8.11. The van der Waals surface area contributed by atoms with Gasteiger partial charge in [0, 0.05) is 11.6 Å². The minimum atomic E-state index is -0.248. The van der Waals surface area contributed by atoms with Gasteiger partial charge in [0.15, 0.2) is 6.61 Å². The molecule has 0 heterocycles. The third-order valence-corrected chi connectivity index (χ3v) is 2.26. The van der Waals surface area contributed by atoms with E-state index in [1.54, 1.807) is 31.2 Å². The zero-order valence-corrected chi connectivity index (χ0v) is 10.2. The number of nitrogens with zero attached hydrogens (tertiary/aromatic N) is 1. The molecule has 1 rings (SSSR count). The molecule has 0 spiro atoms. The topological polar surface area (TPSA) is 62.1 Å². The van der Waals surface area contributed by atoms with Crippen LogP contribution in [0.3, 0.4) is 0 Å². The van der Waals surface area contributed by atoms with Crippen LogP contribution in [0.25, 0.3) is 0 Å². The van der Waals surface area contributed by atoms with Crippen LogP contribution in [0.1, 0.15) is 6.92 Å². The lowest BCUT2D eigenvalue weighted by Gasteiger charge is -2.08. The zero-order chi connectivity index (χ0) is 12.7. The molecule has 0 aliphatic rings. The van der Waals surface area contributed by atoms with E-state index in [0.29, 0.717) is 17.3 Å². The number of carbonyl (C=O) groups excluding carboxylic acids is 1. The molecule has 17 heavy (non-hydrogen) atoms. The lowest BCUT2D eigenvalue weighted by atomic mass is 10.2. The maximum atomic E-state index is 11.3. The van der Waals surface area contributed by atoms with Crippen LogP contribution in [0, 0.1) is 17.2 Å². The molecule has 0 radical (unpaired) electrons. The van der Waals surface area contributed by atoms with E-state index in [1.165, 1.54) is 0 Å². The normalized spacial score (nSPS) is 11.4. The van der Waals surface area contributed by atoms with Crippen molar-refractivity contribution in [3.63, 3.8) is 0 Å². The Balaban J connectivity index is 2.29. The highest BCUT2D eigenvalue weighted by Crippen LogP contribution is 2.15. The molecule has 5 heteroatoms. The quantitative estimate of drug-likeness (QED) is 0.872. The molecule has 0 aromatic heterocycles. The summed E-state index contributed by atoms with van der Waals surface area (Å²) >= 11 is 5.71. The van der Waals surface area contributed by atoms with Gasteiger partial charge < -0.3 is 10.1 Å². The van der Waals surface area contributed by atoms with E-state index in [-0.39, 0.29) is 18.4 Å². The summed E-state index contributed by atoms with van der Waals surface area (Å²) in [7, 11) is 0. The molecule has 4 nitrogen and oxygen atoms in total. The van der Waals surface area contributed by atoms with E-state index in [1.807, 2.05) is 6.07 Å². The molecular weight excluding hydrogens is 240 g/mol. The average Bonchev–Trinajstić information content (AvgIpc) is 2.35. The Morgan fingerprint density at radius 1 is 1.53 bits per heavy atom. The molecular formula is C12H13ClN2O2. The van der Waals surface area contributed by atoms with Crippen LogP contribution >= 0.6 is 11.6 Å². The standard InChI is InChI=1S/C12H13ClN2O2/c1-9(6-14)7-15-12(16)8-17-11-4-2-10(13)3-5-11/h2-5,9H,7-8H2,1H3,(H,15,16). The Kier molecular flexibility index (Phi) is 5.31. The fourth-order valence-corrected chi connectivity index (χ4v) is 1.17. The molecule has 1 N–H and O–H groups in total. The van der Waals surface area contributed by atoms with Gasteiger partial charge in [0.25, 0.3) is 5.91 Å². The largest absolute Gasteiger partial charge is 0.484 e. The van der Waals surface area contributed by atoms with Crippen molar-refractivity contribution < 1.29 is 9.53 Å². The van der Waals surface area contributed by atoms with Gasteiger partial charge in [-0.05, 0) is 31.2 Å². The van der Waals surface area contributed by atoms with Gasteiger partial charge in [0.2, 0.25) is 0 Å². The first kappa shape index (κ1) is 13.3. The molecule has 1 unspecified atom stereocenters. The van der Waals surface area contributed by atoms with Crippen LogP contribution in [-0.4, -0.2) is 19.1 Å². The highest BCUT2D eigenvalue weighted by atomic mass is 35.5. The molecule has 0 saturated carbocycles. The molecule has 1 aromatic rings. The highest BCUT2D eigenvalue weighted by Gasteiger charge is 2.05. The van der Waals surface area contributed by atoms with Crippen molar-refractivity contribution in [3.05, 3.63) is 29.3 Å². The Morgan fingerprint density at radius 3 is 2.76 bits per heavy atom. The first-order valence-corrected chi connectivity index (χ1v) is 5.54. The summed E-state index contributed by atoms with van der Waals surface area (Å²) in [5.74, 6) is 0.134. The first-order valence-electron chi connectivity index (χ1n) is 5.16. The summed E-state index contributed by atoms with van der Waals surface area (Å²) in [6.07, 6.45) is 0. The van der Waals surface area contributed by atoms with Gasteiger partial charge in [-0.1, -0.05) is 11.6 Å². The Bertz CT molecular complexity index is 412. The number of carbonyl (C=O) groups is 1. The molecule has 0 fully saturated rings. The second-order valence-electron chi connectivity index (χ2n) is 3.58. The van der Waals surface area contributed by atoms with Crippen LogP contribution in [0.5, 0.6) is 5.75 Å². The molecule has 1 aromatic carbocycles. The van der Waals surface area contributed by atoms with Crippen LogP contribution in [0.2, 0.25) is 5.02 Å². The van der Waals surface area contributed by atoms with Crippen molar-refractivity contribution in [3.8, 4) is 11.8 Å². The summed E-state index contributed by atoms with van der Waals surface area (Å²) in [5, 5.41) is 11.8. The van der Waals surface area contributed by atoms with Gasteiger partial charge in [-0.3, -0.25) is 4.79 Å². The third kappa shape index (κ3) is 5.23. The van der Waals surface area contributed by atoms with Crippen molar-refractivity contribution >= 4 is 17.5 Å². The van der Waals surface area contributed by atoms with Crippen molar-refractivity contribution in [2.24, 2.45) is 5.92 Å². The number of amides is 1. The monoisotopic (exact) mass is 252 g/mol. The van der Waals surface area contributed by atoms with Gasteiger partial charge in [-0.2, -0.15) is 5.26 Å². The maximum absolute atomic E-state index is 11.3. The van der Waals surface area contributed by atoms with Crippen LogP contribution in [0.15, 0.2) is 24.3 Å². The van der Waals surface area contributed by atoms with E-state index in [2.05, 4.69) is 5.32 Å². The Labute approximate surface area is 105 Å². The number of nitrogens with one attached hydrogen (secondary N) is 1. The number of hydrogen-bond acceptors (Lipinski definition) is 3. The van der Waals surface area contributed by atoms with E-state index in [4.69, 9.17) is 21.6 Å². The third-order valence-electron chi connectivity index (χ3n) is 2.01. The van der Waals surface area contributed by atoms with Crippen molar-refractivity contribution in [2.45, 2.75) is 6.92 Å². The lowest BCUT2D eigenvalue weighted by Crippen LogP contribution is -2.32. The number of nitriles is 1.